The fraction of sp³-hybridized carbons (Fsp3) is 0.500. The number of rotatable bonds is 9. The maximum Gasteiger partial charge on any atom is 0.410 e. The average molecular weight is 480 g/mol. The topological polar surface area (TPSA) is 71.1 Å². The second-order valence-corrected chi connectivity index (χ2v) is 10.0. The SMILES string of the molecule is COc1ccc(CN2CC3(CCN(CC[C@H](NC(=O)C(C)C)c4ccccc4)CC3)OC2=O)cc1. The van der Waals surface area contributed by atoms with Crippen LogP contribution in [0.2, 0.25) is 0 Å². The molecular formula is C28H37N3O4. The molecule has 7 heteroatoms. The number of nitrogens with zero attached hydrogens (tertiary/aromatic N) is 2. The molecule has 2 aromatic carbocycles. The second-order valence-electron chi connectivity index (χ2n) is 10.0. The molecule has 1 atom stereocenters. The minimum atomic E-state index is -0.398. The van der Waals surface area contributed by atoms with Gasteiger partial charge in [-0.1, -0.05) is 56.3 Å². The van der Waals surface area contributed by atoms with Crippen molar-refractivity contribution in [1.82, 2.24) is 15.1 Å². The van der Waals surface area contributed by atoms with E-state index in [0.717, 1.165) is 55.8 Å². The molecule has 0 aliphatic carbocycles. The summed E-state index contributed by atoms with van der Waals surface area (Å²) in [4.78, 5) is 29.2. The van der Waals surface area contributed by atoms with E-state index >= 15 is 0 Å². The summed E-state index contributed by atoms with van der Waals surface area (Å²) >= 11 is 0. The maximum absolute atomic E-state index is 12.6. The van der Waals surface area contributed by atoms with Crippen LogP contribution in [0.4, 0.5) is 4.79 Å². The van der Waals surface area contributed by atoms with Crippen LogP contribution >= 0.6 is 0 Å². The molecule has 1 spiro atoms. The lowest BCUT2D eigenvalue weighted by molar-refractivity contribution is -0.124. The lowest BCUT2D eigenvalue weighted by Gasteiger charge is -2.38. The fourth-order valence-corrected chi connectivity index (χ4v) is 4.87. The zero-order chi connectivity index (χ0) is 24.8. The smallest absolute Gasteiger partial charge is 0.410 e. The molecule has 188 valence electrons. The van der Waals surface area contributed by atoms with Gasteiger partial charge in [-0.15, -0.1) is 0 Å². The van der Waals surface area contributed by atoms with Crippen molar-refractivity contribution in [3.05, 3.63) is 65.7 Å². The van der Waals surface area contributed by atoms with Gasteiger partial charge in [-0.2, -0.15) is 0 Å². The molecule has 0 bridgehead atoms. The molecule has 0 radical (unpaired) electrons. The first-order valence-corrected chi connectivity index (χ1v) is 12.6. The highest BCUT2D eigenvalue weighted by atomic mass is 16.6. The van der Waals surface area contributed by atoms with Gasteiger partial charge < -0.3 is 19.7 Å². The van der Waals surface area contributed by atoms with Gasteiger partial charge in [0.1, 0.15) is 11.4 Å². The van der Waals surface area contributed by atoms with Crippen LogP contribution in [-0.2, 0) is 16.1 Å². The normalized spacial score (nSPS) is 18.5. The van der Waals surface area contributed by atoms with Crippen molar-refractivity contribution in [1.29, 1.82) is 0 Å². The molecule has 2 aliphatic heterocycles. The number of amides is 2. The first-order valence-electron chi connectivity index (χ1n) is 12.6. The molecule has 2 fully saturated rings. The van der Waals surface area contributed by atoms with Crippen LogP contribution in [0.5, 0.6) is 5.75 Å². The van der Waals surface area contributed by atoms with Gasteiger partial charge in [0.15, 0.2) is 0 Å². The number of hydrogen-bond acceptors (Lipinski definition) is 5. The summed E-state index contributed by atoms with van der Waals surface area (Å²) < 4.78 is 11.1. The highest BCUT2D eigenvalue weighted by molar-refractivity contribution is 5.78. The van der Waals surface area contributed by atoms with Gasteiger partial charge in [0.25, 0.3) is 0 Å². The van der Waals surface area contributed by atoms with Crippen molar-refractivity contribution >= 4 is 12.0 Å². The van der Waals surface area contributed by atoms with Gasteiger partial charge in [-0.25, -0.2) is 4.79 Å². The van der Waals surface area contributed by atoms with Crippen molar-refractivity contribution < 1.29 is 19.1 Å². The van der Waals surface area contributed by atoms with Gasteiger partial charge in [-0.05, 0) is 29.7 Å². The molecule has 2 amide bonds. The lowest BCUT2D eigenvalue weighted by Crippen LogP contribution is -2.47. The maximum atomic E-state index is 12.6. The largest absolute Gasteiger partial charge is 0.497 e. The first kappa shape index (κ1) is 25.0. The number of nitrogens with one attached hydrogen (secondary N) is 1. The van der Waals surface area contributed by atoms with Gasteiger partial charge >= 0.3 is 6.09 Å². The number of hydrogen-bond donors (Lipinski definition) is 1. The number of methoxy groups -OCH3 is 1. The summed E-state index contributed by atoms with van der Waals surface area (Å²) in [6, 6.07) is 18.0. The summed E-state index contributed by atoms with van der Waals surface area (Å²) in [6.45, 7) is 7.65. The van der Waals surface area contributed by atoms with Crippen LogP contribution < -0.4 is 10.1 Å². The minimum Gasteiger partial charge on any atom is -0.497 e. The van der Waals surface area contributed by atoms with Gasteiger partial charge in [0.05, 0.1) is 19.7 Å². The third-order valence-electron chi connectivity index (χ3n) is 7.12. The first-order chi connectivity index (χ1) is 16.9. The Labute approximate surface area is 208 Å². The second kappa shape index (κ2) is 11.1. The molecule has 7 nitrogen and oxygen atoms in total. The summed E-state index contributed by atoms with van der Waals surface area (Å²) in [5, 5.41) is 3.21. The summed E-state index contributed by atoms with van der Waals surface area (Å²) in [5.41, 5.74) is 1.80. The Kier molecular flexibility index (Phi) is 7.96. The zero-order valence-corrected chi connectivity index (χ0v) is 21.0. The van der Waals surface area contributed by atoms with E-state index in [2.05, 4.69) is 22.3 Å². The van der Waals surface area contributed by atoms with Crippen molar-refractivity contribution in [2.45, 2.75) is 51.3 Å². The van der Waals surface area contributed by atoms with E-state index < -0.39 is 5.60 Å². The molecule has 0 saturated carbocycles. The predicted octanol–water partition coefficient (Wildman–Crippen LogP) is 4.39. The number of benzene rings is 2. The molecule has 2 saturated heterocycles. The summed E-state index contributed by atoms with van der Waals surface area (Å²) in [7, 11) is 1.65. The zero-order valence-electron chi connectivity index (χ0n) is 21.0. The highest BCUT2D eigenvalue weighted by Gasteiger charge is 2.46. The molecule has 2 aromatic rings. The number of carbonyl (C=O) groups excluding carboxylic acids is 2. The molecule has 4 rings (SSSR count). The lowest BCUT2D eigenvalue weighted by atomic mass is 9.91. The number of piperidine rings is 1. The molecule has 0 unspecified atom stereocenters. The molecule has 2 heterocycles. The number of ether oxygens (including phenoxy) is 2. The Hall–Kier alpha value is -3.06. The van der Waals surface area contributed by atoms with Crippen LogP contribution in [0.15, 0.2) is 54.6 Å². The van der Waals surface area contributed by atoms with E-state index in [-0.39, 0.29) is 24.0 Å². The third kappa shape index (κ3) is 6.34. The van der Waals surface area contributed by atoms with E-state index in [1.807, 2.05) is 61.2 Å². The summed E-state index contributed by atoms with van der Waals surface area (Å²) in [5.74, 6) is 0.833. The van der Waals surface area contributed by atoms with E-state index in [4.69, 9.17) is 9.47 Å². The van der Waals surface area contributed by atoms with Crippen LogP contribution in [0.25, 0.3) is 0 Å². The van der Waals surface area contributed by atoms with Crippen LogP contribution in [-0.4, -0.2) is 60.7 Å². The molecule has 35 heavy (non-hydrogen) atoms. The van der Waals surface area contributed by atoms with E-state index in [9.17, 15) is 9.59 Å². The monoisotopic (exact) mass is 479 g/mol. The van der Waals surface area contributed by atoms with Crippen LogP contribution in [0.3, 0.4) is 0 Å². The van der Waals surface area contributed by atoms with Crippen molar-refractivity contribution in [3.63, 3.8) is 0 Å². The average Bonchev–Trinajstić information content (AvgIpc) is 3.17. The van der Waals surface area contributed by atoms with Gasteiger partial charge in [0, 0.05) is 44.9 Å². The molecule has 0 aromatic heterocycles. The standard InChI is InChI=1S/C28H37N3O4/c1-21(2)26(32)29-25(23-7-5-4-6-8-23)13-16-30-17-14-28(15-18-30)20-31(27(33)35-28)19-22-9-11-24(34-3)12-10-22/h4-12,21,25H,13-20H2,1-3H3,(H,29,32)/t25-/m0/s1. The van der Waals surface area contributed by atoms with Crippen molar-refractivity contribution in [2.75, 3.05) is 33.3 Å². The van der Waals surface area contributed by atoms with Crippen molar-refractivity contribution in [2.24, 2.45) is 5.92 Å². The Balaban J connectivity index is 1.29. The van der Waals surface area contributed by atoms with Gasteiger partial charge in [-0.3, -0.25) is 9.69 Å². The quantitative estimate of drug-likeness (QED) is 0.578. The third-order valence-corrected chi connectivity index (χ3v) is 7.12. The molecule has 1 N–H and O–H groups in total. The number of likely N-dealkylation sites (tertiary alicyclic amines) is 1. The highest BCUT2D eigenvalue weighted by Crippen LogP contribution is 2.34. The van der Waals surface area contributed by atoms with E-state index in [0.29, 0.717) is 13.1 Å². The van der Waals surface area contributed by atoms with Crippen molar-refractivity contribution in [3.8, 4) is 5.75 Å². The Morgan fingerprint density at radius 3 is 2.40 bits per heavy atom. The Bertz CT molecular complexity index is 985. The molecule has 2 aliphatic rings. The van der Waals surface area contributed by atoms with E-state index in [1.54, 1.807) is 7.11 Å². The Morgan fingerprint density at radius 1 is 1.09 bits per heavy atom. The number of carbonyl (C=O) groups is 2. The van der Waals surface area contributed by atoms with Crippen LogP contribution in [0.1, 0.15) is 50.3 Å². The summed E-state index contributed by atoms with van der Waals surface area (Å²) in [6.07, 6.45) is 2.27. The van der Waals surface area contributed by atoms with Crippen LogP contribution in [0, 0.1) is 5.92 Å². The van der Waals surface area contributed by atoms with Gasteiger partial charge in [0.2, 0.25) is 5.91 Å². The minimum absolute atomic E-state index is 0.00807. The molecular weight excluding hydrogens is 442 g/mol. The predicted molar refractivity (Wildman–Crippen MR) is 135 cm³/mol. The van der Waals surface area contributed by atoms with E-state index in [1.165, 1.54) is 0 Å². The fourth-order valence-electron chi connectivity index (χ4n) is 4.87. The Morgan fingerprint density at radius 2 is 1.77 bits per heavy atom.